The van der Waals surface area contributed by atoms with E-state index in [1.807, 2.05) is 18.2 Å². The molecule has 106 valence electrons. The van der Waals surface area contributed by atoms with Gasteiger partial charge >= 0.3 is 5.97 Å². The fraction of sp³-hybridized carbons (Fsp3) is 0.600. The molecule has 0 aromatic rings. The van der Waals surface area contributed by atoms with Crippen molar-refractivity contribution in [3.05, 3.63) is 24.3 Å². The molecule has 1 aliphatic carbocycles. The molecule has 0 saturated heterocycles. The number of hydrogen-bond acceptors (Lipinski definition) is 4. The van der Waals surface area contributed by atoms with Crippen LogP contribution in [0.3, 0.4) is 0 Å². The van der Waals surface area contributed by atoms with Gasteiger partial charge in [-0.3, -0.25) is 9.59 Å². The molecule has 0 N–H and O–H groups in total. The summed E-state index contributed by atoms with van der Waals surface area (Å²) in [6, 6.07) is 0. The second kappa shape index (κ2) is 8.64. The number of ketones is 1. The SMILES string of the molecule is CC/C=C\C[C@H]1C(=O)C=C[C@H]1CC(=O)OCCOC. The van der Waals surface area contributed by atoms with Gasteiger partial charge in [-0.25, -0.2) is 0 Å². The van der Waals surface area contributed by atoms with Crippen LogP contribution in [0, 0.1) is 11.8 Å². The molecular formula is C15H22O4. The third-order valence-electron chi connectivity index (χ3n) is 3.14. The van der Waals surface area contributed by atoms with E-state index < -0.39 is 0 Å². The Hall–Kier alpha value is -1.42. The van der Waals surface area contributed by atoms with Gasteiger partial charge in [0.05, 0.1) is 13.0 Å². The van der Waals surface area contributed by atoms with Crippen LogP contribution in [-0.2, 0) is 19.1 Å². The monoisotopic (exact) mass is 266 g/mol. The predicted octanol–water partition coefficient (Wildman–Crippen LogP) is 2.29. The Labute approximate surface area is 114 Å². The fourth-order valence-electron chi connectivity index (χ4n) is 2.09. The molecule has 4 nitrogen and oxygen atoms in total. The zero-order chi connectivity index (χ0) is 14.1. The minimum atomic E-state index is -0.272. The molecule has 0 spiro atoms. The molecule has 0 radical (unpaired) electrons. The quantitative estimate of drug-likeness (QED) is 0.384. The van der Waals surface area contributed by atoms with Crippen LogP contribution in [0.25, 0.3) is 0 Å². The van der Waals surface area contributed by atoms with Gasteiger partial charge in [0.1, 0.15) is 6.61 Å². The zero-order valence-electron chi connectivity index (χ0n) is 11.6. The van der Waals surface area contributed by atoms with E-state index in [-0.39, 0.29) is 36.6 Å². The van der Waals surface area contributed by atoms with Crippen molar-refractivity contribution in [2.45, 2.75) is 26.2 Å². The van der Waals surface area contributed by atoms with Gasteiger partial charge in [0, 0.05) is 13.0 Å². The highest BCUT2D eigenvalue weighted by molar-refractivity contribution is 5.95. The van der Waals surface area contributed by atoms with Crippen LogP contribution >= 0.6 is 0 Å². The minimum absolute atomic E-state index is 0.0379. The standard InChI is InChI=1S/C15H22O4/c1-3-4-5-6-13-12(7-8-14(13)16)11-15(17)19-10-9-18-2/h4-5,7-8,12-13H,3,6,9-11H2,1-2H3/b5-4-/t12-,13+/m0/s1. The predicted molar refractivity (Wildman–Crippen MR) is 72.6 cm³/mol. The highest BCUT2D eigenvalue weighted by Crippen LogP contribution is 2.29. The van der Waals surface area contributed by atoms with Crippen molar-refractivity contribution in [2.75, 3.05) is 20.3 Å². The third-order valence-corrected chi connectivity index (χ3v) is 3.14. The van der Waals surface area contributed by atoms with Gasteiger partial charge in [0.2, 0.25) is 0 Å². The molecule has 0 unspecified atom stereocenters. The van der Waals surface area contributed by atoms with E-state index in [1.165, 1.54) is 0 Å². The number of rotatable bonds is 8. The van der Waals surface area contributed by atoms with Crippen molar-refractivity contribution >= 4 is 11.8 Å². The number of carbonyl (C=O) groups excluding carboxylic acids is 2. The van der Waals surface area contributed by atoms with Gasteiger partial charge in [-0.05, 0) is 24.8 Å². The van der Waals surface area contributed by atoms with Crippen LogP contribution in [0.15, 0.2) is 24.3 Å². The average molecular weight is 266 g/mol. The summed E-state index contributed by atoms with van der Waals surface area (Å²) in [5.74, 6) is -0.317. The zero-order valence-corrected chi connectivity index (χ0v) is 11.6. The van der Waals surface area contributed by atoms with E-state index in [0.29, 0.717) is 13.0 Å². The maximum atomic E-state index is 11.7. The Bertz CT molecular complexity index is 357. The van der Waals surface area contributed by atoms with Crippen molar-refractivity contribution in [1.29, 1.82) is 0 Å². The van der Waals surface area contributed by atoms with Crippen LogP contribution in [0.2, 0.25) is 0 Å². The first-order valence-electron chi connectivity index (χ1n) is 6.70. The van der Waals surface area contributed by atoms with Gasteiger partial charge in [0.15, 0.2) is 5.78 Å². The van der Waals surface area contributed by atoms with Crippen LogP contribution < -0.4 is 0 Å². The van der Waals surface area contributed by atoms with Crippen LogP contribution in [-0.4, -0.2) is 32.1 Å². The van der Waals surface area contributed by atoms with Crippen LogP contribution in [0.4, 0.5) is 0 Å². The summed E-state index contributed by atoms with van der Waals surface area (Å²) in [4.78, 5) is 23.3. The maximum absolute atomic E-state index is 11.7. The molecule has 0 fully saturated rings. The first-order valence-corrected chi connectivity index (χ1v) is 6.70. The summed E-state index contributed by atoms with van der Waals surface area (Å²) in [5, 5.41) is 0. The smallest absolute Gasteiger partial charge is 0.306 e. The van der Waals surface area contributed by atoms with Gasteiger partial charge < -0.3 is 9.47 Å². The molecule has 1 rings (SSSR count). The van der Waals surface area contributed by atoms with Crippen LogP contribution in [0.1, 0.15) is 26.2 Å². The van der Waals surface area contributed by atoms with E-state index >= 15 is 0 Å². The normalized spacial score (nSPS) is 22.3. The summed E-state index contributed by atoms with van der Waals surface area (Å²) in [6.45, 7) is 2.71. The molecule has 0 aliphatic heterocycles. The highest BCUT2D eigenvalue weighted by atomic mass is 16.6. The lowest BCUT2D eigenvalue weighted by Crippen LogP contribution is -2.20. The largest absolute Gasteiger partial charge is 0.463 e. The molecule has 1 aliphatic rings. The number of ether oxygens (including phenoxy) is 2. The van der Waals surface area contributed by atoms with E-state index in [1.54, 1.807) is 13.2 Å². The molecule has 4 heteroatoms. The third kappa shape index (κ3) is 5.39. The lowest BCUT2D eigenvalue weighted by molar-refractivity contribution is -0.146. The number of esters is 1. The average Bonchev–Trinajstić information content (AvgIpc) is 2.72. The second-order valence-corrected chi connectivity index (χ2v) is 4.56. The summed E-state index contributed by atoms with van der Waals surface area (Å²) in [5.41, 5.74) is 0. The van der Waals surface area contributed by atoms with Gasteiger partial charge in [-0.15, -0.1) is 0 Å². The van der Waals surface area contributed by atoms with Gasteiger partial charge in [-0.2, -0.15) is 0 Å². The first kappa shape index (κ1) is 15.6. The lowest BCUT2D eigenvalue weighted by Gasteiger charge is -2.15. The van der Waals surface area contributed by atoms with E-state index in [4.69, 9.17) is 9.47 Å². The molecule has 0 bridgehead atoms. The van der Waals surface area contributed by atoms with E-state index in [0.717, 1.165) is 6.42 Å². The van der Waals surface area contributed by atoms with Crippen LogP contribution in [0.5, 0.6) is 0 Å². The maximum Gasteiger partial charge on any atom is 0.306 e. The minimum Gasteiger partial charge on any atom is -0.463 e. The molecular weight excluding hydrogens is 244 g/mol. The molecule has 0 aromatic heterocycles. The van der Waals surface area contributed by atoms with Crippen molar-refractivity contribution < 1.29 is 19.1 Å². The fourth-order valence-corrected chi connectivity index (χ4v) is 2.09. The van der Waals surface area contributed by atoms with Gasteiger partial charge in [-0.1, -0.05) is 25.2 Å². The van der Waals surface area contributed by atoms with E-state index in [2.05, 4.69) is 6.92 Å². The Morgan fingerprint density at radius 1 is 1.37 bits per heavy atom. The van der Waals surface area contributed by atoms with Gasteiger partial charge in [0.25, 0.3) is 0 Å². The topological polar surface area (TPSA) is 52.6 Å². The number of allylic oxidation sites excluding steroid dienone is 4. The lowest BCUT2D eigenvalue weighted by atomic mass is 9.89. The number of hydrogen-bond donors (Lipinski definition) is 0. The Morgan fingerprint density at radius 3 is 2.84 bits per heavy atom. The Kier molecular flexibility index (Phi) is 7.11. The Balaban J connectivity index is 2.42. The molecule has 0 heterocycles. The first-order chi connectivity index (χ1) is 9.19. The summed E-state index contributed by atoms with van der Waals surface area (Å²) in [6.07, 6.45) is 9.37. The molecule has 0 amide bonds. The van der Waals surface area contributed by atoms with E-state index in [9.17, 15) is 9.59 Å². The molecule has 19 heavy (non-hydrogen) atoms. The van der Waals surface area contributed by atoms with Crippen molar-refractivity contribution in [2.24, 2.45) is 11.8 Å². The Morgan fingerprint density at radius 2 is 2.16 bits per heavy atom. The van der Waals surface area contributed by atoms with Crippen molar-refractivity contribution in [3.63, 3.8) is 0 Å². The molecule has 2 atom stereocenters. The highest BCUT2D eigenvalue weighted by Gasteiger charge is 2.30. The second-order valence-electron chi connectivity index (χ2n) is 4.56. The molecule has 0 aromatic carbocycles. The van der Waals surface area contributed by atoms with Crippen molar-refractivity contribution in [1.82, 2.24) is 0 Å². The molecule has 0 saturated carbocycles. The summed E-state index contributed by atoms with van der Waals surface area (Å²) < 4.78 is 9.84. The number of carbonyl (C=O) groups is 2. The van der Waals surface area contributed by atoms with Crippen molar-refractivity contribution in [3.8, 4) is 0 Å². The number of methoxy groups -OCH3 is 1. The summed E-state index contributed by atoms with van der Waals surface area (Å²) in [7, 11) is 1.56. The summed E-state index contributed by atoms with van der Waals surface area (Å²) >= 11 is 0.